The number of aromatic nitrogens is 1. The average molecular weight is 226 g/mol. The molecule has 4 nitrogen and oxygen atoms in total. The lowest BCUT2D eigenvalue weighted by Crippen LogP contribution is -2.19. The molecule has 1 atom stereocenters. The Morgan fingerprint density at radius 1 is 1.67 bits per heavy atom. The van der Waals surface area contributed by atoms with E-state index in [2.05, 4.69) is 9.88 Å². The maximum absolute atomic E-state index is 11.1. The Hall–Kier alpha value is -0.940. The van der Waals surface area contributed by atoms with Crippen molar-refractivity contribution in [2.45, 2.75) is 25.8 Å². The lowest BCUT2D eigenvalue weighted by atomic mass is 10.1. The van der Waals surface area contributed by atoms with Crippen LogP contribution in [0.5, 0.6) is 0 Å². The molecule has 0 bridgehead atoms. The highest BCUT2D eigenvalue weighted by atomic mass is 32.1. The zero-order chi connectivity index (χ0) is 11.0. The zero-order valence-electron chi connectivity index (χ0n) is 8.86. The van der Waals surface area contributed by atoms with Gasteiger partial charge in [0.05, 0.1) is 16.7 Å². The Morgan fingerprint density at radius 3 is 2.93 bits per heavy atom. The van der Waals surface area contributed by atoms with Gasteiger partial charge < -0.3 is 5.11 Å². The third-order valence-electron chi connectivity index (χ3n) is 2.79. The van der Waals surface area contributed by atoms with Crippen LogP contribution in [0.15, 0.2) is 0 Å². The van der Waals surface area contributed by atoms with Gasteiger partial charge in [0.1, 0.15) is 4.88 Å². The molecule has 5 heteroatoms. The van der Waals surface area contributed by atoms with Crippen LogP contribution in [0.1, 0.15) is 39.3 Å². The molecule has 0 aliphatic carbocycles. The fraction of sp³-hybridized carbons (Fsp3) is 0.600. The van der Waals surface area contributed by atoms with E-state index in [9.17, 15) is 4.79 Å². The van der Waals surface area contributed by atoms with Crippen molar-refractivity contribution in [1.29, 1.82) is 0 Å². The summed E-state index contributed by atoms with van der Waals surface area (Å²) in [6.07, 6.45) is 2.14. The van der Waals surface area contributed by atoms with E-state index in [1.165, 1.54) is 11.3 Å². The van der Waals surface area contributed by atoms with Gasteiger partial charge in [-0.3, -0.25) is 4.90 Å². The van der Waals surface area contributed by atoms with Crippen molar-refractivity contribution < 1.29 is 9.90 Å². The van der Waals surface area contributed by atoms with Gasteiger partial charge in [-0.2, -0.15) is 0 Å². The van der Waals surface area contributed by atoms with E-state index in [1.54, 1.807) is 0 Å². The van der Waals surface area contributed by atoms with Crippen LogP contribution in [0.3, 0.4) is 0 Å². The molecule has 1 N–H and O–H groups in total. The van der Waals surface area contributed by atoms with E-state index < -0.39 is 5.97 Å². The van der Waals surface area contributed by atoms with Crippen LogP contribution in [0.4, 0.5) is 0 Å². The molecule has 2 heterocycles. The van der Waals surface area contributed by atoms with Crippen LogP contribution in [-0.4, -0.2) is 34.6 Å². The van der Waals surface area contributed by atoms with Crippen LogP contribution in [0, 0.1) is 6.92 Å². The molecule has 1 aromatic heterocycles. The summed E-state index contributed by atoms with van der Waals surface area (Å²) < 4.78 is 0. The summed E-state index contributed by atoms with van der Waals surface area (Å²) >= 11 is 1.27. The second-order valence-electron chi connectivity index (χ2n) is 3.89. The van der Waals surface area contributed by atoms with Gasteiger partial charge in [0.25, 0.3) is 0 Å². The van der Waals surface area contributed by atoms with Gasteiger partial charge in [-0.15, -0.1) is 11.3 Å². The number of hydrogen-bond donors (Lipinski definition) is 1. The van der Waals surface area contributed by atoms with E-state index in [-0.39, 0.29) is 6.04 Å². The molecule has 82 valence electrons. The Kier molecular flexibility index (Phi) is 2.75. The van der Waals surface area contributed by atoms with Crippen LogP contribution < -0.4 is 0 Å². The first kappa shape index (κ1) is 10.6. The summed E-state index contributed by atoms with van der Waals surface area (Å²) in [5.41, 5.74) is 0.755. The first-order chi connectivity index (χ1) is 7.09. The van der Waals surface area contributed by atoms with Crippen molar-refractivity contribution in [1.82, 2.24) is 9.88 Å². The lowest BCUT2D eigenvalue weighted by molar-refractivity contribution is 0.0699. The Bertz CT molecular complexity index is 389. The molecule has 1 aliphatic heterocycles. The summed E-state index contributed by atoms with van der Waals surface area (Å²) in [5.74, 6) is -0.851. The molecule has 1 aromatic rings. The van der Waals surface area contributed by atoms with Crippen LogP contribution in [0.2, 0.25) is 0 Å². The van der Waals surface area contributed by atoms with Crippen molar-refractivity contribution in [3.8, 4) is 0 Å². The molecule has 15 heavy (non-hydrogen) atoms. The molecule has 1 unspecified atom stereocenters. The highest BCUT2D eigenvalue weighted by Crippen LogP contribution is 2.34. The van der Waals surface area contributed by atoms with Crippen molar-refractivity contribution in [3.63, 3.8) is 0 Å². The highest BCUT2D eigenvalue weighted by molar-refractivity contribution is 7.13. The number of thiazole rings is 1. The third kappa shape index (κ3) is 1.89. The number of likely N-dealkylation sites (tertiary alicyclic amines) is 1. The van der Waals surface area contributed by atoms with Crippen LogP contribution in [0.25, 0.3) is 0 Å². The van der Waals surface area contributed by atoms with Crippen LogP contribution >= 0.6 is 11.3 Å². The normalized spacial score (nSPS) is 22.1. The molecule has 1 saturated heterocycles. The fourth-order valence-corrected chi connectivity index (χ4v) is 2.89. The molecule has 1 fully saturated rings. The zero-order valence-corrected chi connectivity index (χ0v) is 9.67. The van der Waals surface area contributed by atoms with E-state index in [1.807, 2.05) is 14.0 Å². The van der Waals surface area contributed by atoms with Gasteiger partial charge in [0, 0.05) is 0 Å². The van der Waals surface area contributed by atoms with Crippen molar-refractivity contribution in [2.75, 3.05) is 13.6 Å². The summed E-state index contributed by atoms with van der Waals surface area (Å²) in [6, 6.07) is 0.195. The molecule has 0 radical (unpaired) electrons. The second kappa shape index (κ2) is 3.90. The number of rotatable bonds is 2. The predicted molar refractivity (Wildman–Crippen MR) is 58.4 cm³/mol. The maximum Gasteiger partial charge on any atom is 0.347 e. The van der Waals surface area contributed by atoms with Gasteiger partial charge >= 0.3 is 5.97 Å². The third-order valence-corrected chi connectivity index (χ3v) is 3.77. The van der Waals surface area contributed by atoms with Crippen molar-refractivity contribution in [3.05, 3.63) is 15.6 Å². The fourth-order valence-electron chi connectivity index (χ4n) is 2.08. The summed E-state index contributed by atoms with van der Waals surface area (Å²) in [4.78, 5) is 18.0. The number of aryl methyl sites for hydroxylation is 1. The first-order valence-electron chi connectivity index (χ1n) is 5.00. The smallest absolute Gasteiger partial charge is 0.347 e. The van der Waals surface area contributed by atoms with Crippen LogP contribution in [-0.2, 0) is 0 Å². The number of nitrogens with zero attached hydrogens (tertiary/aromatic N) is 2. The van der Waals surface area contributed by atoms with Gasteiger partial charge in [-0.25, -0.2) is 9.78 Å². The van der Waals surface area contributed by atoms with E-state index in [4.69, 9.17) is 5.11 Å². The maximum atomic E-state index is 11.1. The van der Waals surface area contributed by atoms with Crippen molar-refractivity contribution in [2.24, 2.45) is 0 Å². The molecule has 0 spiro atoms. The molecular formula is C10H14N2O2S. The summed E-state index contributed by atoms with van der Waals surface area (Å²) in [5, 5.41) is 9.91. The van der Waals surface area contributed by atoms with Gasteiger partial charge in [0.2, 0.25) is 0 Å². The Labute approximate surface area is 92.6 Å². The lowest BCUT2D eigenvalue weighted by Gasteiger charge is -2.17. The minimum atomic E-state index is -0.851. The SMILES string of the molecule is Cc1nc(C2CCCN2C)c(C(=O)O)s1. The molecule has 0 amide bonds. The minimum absolute atomic E-state index is 0.195. The topological polar surface area (TPSA) is 53.4 Å². The van der Waals surface area contributed by atoms with E-state index in [0.29, 0.717) is 4.88 Å². The number of hydrogen-bond acceptors (Lipinski definition) is 4. The molecule has 0 aromatic carbocycles. The number of carboxylic acids is 1. The number of carboxylic acid groups (broad SMARTS) is 1. The largest absolute Gasteiger partial charge is 0.477 e. The Morgan fingerprint density at radius 2 is 2.40 bits per heavy atom. The summed E-state index contributed by atoms with van der Waals surface area (Å²) in [7, 11) is 2.03. The van der Waals surface area contributed by atoms with E-state index >= 15 is 0 Å². The number of aromatic carboxylic acids is 1. The average Bonchev–Trinajstić information content (AvgIpc) is 2.71. The molecule has 1 aliphatic rings. The quantitative estimate of drug-likeness (QED) is 0.837. The Balaban J connectivity index is 2.38. The molecular weight excluding hydrogens is 212 g/mol. The number of carbonyl (C=O) groups is 1. The van der Waals surface area contributed by atoms with Crippen molar-refractivity contribution >= 4 is 17.3 Å². The molecule has 2 rings (SSSR count). The van der Waals surface area contributed by atoms with Gasteiger partial charge in [0.15, 0.2) is 0 Å². The first-order valence-corrected chi connectivity index (χ1v) is 5.82. The summed E-state index contributed by atoms with van der Waals surface area (Å²) in [6.45, 7) is 2.88. The monoisotopic (exact) mass is 226 g/mol. The second-order valence-corrected chi connectivity index (χ2v) is 5.09. The predicted octanol–water partition coefficient (Wildman–Crippen LogP) is 1.92. The molecule has 0 saturated carbocycles. The minimum Gasteiger partial charge on any atom is -0.477 e. The van der Waals surface area contributed by atoms with Gasteiger partial charge in [-0.1, -0.05) is 0 Å². The standard InChI is InChI=1S/C10H14N2O2S/c1-6-11-8(9(15-6)10(13)14)7-4-3-5-12(7)2/h7H,3-5H2,1-2H3,(H,13,14). The van der Waals surface area contributed by atoms with E-state index in [0.717, 1.165) is 30.1 Å². The van der Waals surface area contributed by atoms with Gasteiger partial charge in [-0.05, 0) is 33.4 Å². The highest BCUT2D eigenvalue weighted by Gasteiger charge is 2.29.